The number of pyridine rings is 1. The summed E-state index contributed by atoms with van der Waals surface area (Å²) in [6.07, 6.45) is 6.87. The van der Waals surface area contributed by atoms with E-state index in [4.69, 9.17) is 18.0 Å². The van der Waals surface area contributed by atoms with Crippen molar-refractivity contribution in [1.82, 2.24) is 4.98 Å². The van der Waals surface area contributed by atoms with E-state index < -0.39 is 0 Å². The summed E-state index contributed by atoms with van der Waals surface area (Å²) in [5.41, 5.74) is 0. The Morgan fingerprint density at radius 2 is 2.46 bits per heavy atom. The van der Waals surface area contributed by atoms with Crippen LogP contribution in [0.2, 0.25) is 5.02 Å². The van der Waals surface area contributed by atoms with Crippen LogP contribution in [0.15, 0.2) is 16.7 Å². The zero-order valence-electron chi connectivity index (χ0n) is 7.01. The maximum Gasteiger partial charge on any atom is 0.145 e. The van der Waals surface area contributed by atoms with E-state index in [0.29, 0.717) is 10.8 Å². The van der Waals surface area contributed by atoms with Gasteiger partial charge in [0.2, 0.25) is 0 Å². The van der Waals surface area contributed by atoms with Gasteiger partial charge in [-0.2, -0.15) is 0 Å². The summed E-state index contributed by atoms with van der Waals surface area (Å²) in [6, 6.07) is 1.69. The van der Waals surface area contributed by atoms with E-state index in [1.807, 2.05) is 6.92 Å². The minimum atomic E-state index is -0.0776. The number of terminal acetylenes is 1. The fourth-order valence-corrected chi connectivity index (χ4v) is 1.45. The Morgan fingerprint density at radius 3 is 3.00 bits per heavy atom. The van der Waals surface area contributed by atoms with E-state index in [9.17, 15) is 0 Å². The van der Waals surface area contributed by atoms with E-state index in [0.717, 1.165) is 4.47 Å². The van der Waals surface area contributed by atoms with Crippen LogP contribution in [0.3, 0.4) is 0 Å². The van der Waals surface area contributed by atoms with Crippen molar-refractivity contribution in [3.8, 4) is 12.3 Å². The summed E-state index contributed by atoms with van der Waals surface area (Å²) in [4.78, 5) is 4.08. The van der Waals surface area contributed by atoms with Crippen LogP contribution in [0.4, 0.5) is 5.82 Å². The highest BCUT2D eigenvalue weighted by Crippen LogP contribution is 2.23. The molecule has 0 aromatic carbocycles. The average Bonchev–Trinajstić information content (AvgIpc) is 2.09. The van der Waals surface area contributed by atoms with Crippen molar-refractivity contribution in [2.75, 3.05) is 5.32 Å². The molecule has 1 aromatic heterocycles. The maximum atomic E-state index is 5.91. The fourth-order valence-electron chi connectivity index (χ4n) is 0.768. The predicted molar refractivity (Wildman–Crippen MR) is 58.9 cm³/mol. The lowest BCUT2D eigenvalue weighted by atomic mass is 10.3. The molecule has 0 aliphatic heterocycles. The van der Waals surface area contributed by atoms with Crippen molar-refractivity contribution in [1.29, 1.82) is 0 Å². The van der Waals surface area contributed by atoms with Gasteiger partial charge >= 0.3 is 0 Å². The number of nitrogens with one attached hydrogen (secondary N) is 1. The normalized spacial score (nSPS) is 11.8. The van der Waals surface area contributed by atoms with Gasteiger partial charge in [-0.1, -0.05) is 17.5 Å². The molecule has 0 amide bonds. The van der Waals surface area contributed by atoms with Crippen LogP contribution in [-0.4, -0.2) is 11.0 Å². The van der Waals surface area contributed by atoms with Crippen LogP contribution < -0.4 is 5.32 Å². The van der Waals surface area contributed by atoms with Crippen molar-refractivity contribution in [2.45, 2.75) is 13.0 Å². The number of anilines is 1. The molecule has 0 aliphatic rings. The van der Waals surface area contributed by atoms with Gasteiger partial charge in [0, 0.05) is 10.7 Å². The van der Waals surface area contributed by atoms with Gasteiger partial charge in [0.25, 0.3) is 0 Å². The molecule has 1 N–H and O–H groups in total. The summed E-state index contributed by atoms with van der Waals surface area (Å²) >= 11 is 9.17. The quantitative estimate of drug-likeness (QED) is 0.826. The standard InChI is InChI=1S/C9H8BrClN2/c1-3-6(2)13-9-8(11)4-7(10)5-12-9/h1,4-6H,2H3,(H,12,13). The van der Waals surface area contributed by atoms with Crippen LogP contribution >= 0.6 is 27.5 Å². The number of halogens is 2. The largest absolute Gasteiger partial charge is 0.355 e. The van der Waals surface area contributed by atoms with Gasteiger partial charge < -0.3 is 5.32 Å². The molecule has 1 heterocycles. The zero-order valence-corrected chi connectivity index (χ0v) is 9.35. The average molecular weight is 260 g/mol. The van der Waals surface area contributed by atoms with Crippen LogP contribution in [0, 0.1) is 12.3 Å². The highest BCUT2D eigenvalue weighted by Gasteiger charge is 2.04. The molecule has 0 saturated heterocycles. The second-order valence-electron chi connectivity index (χ2n) is 2.52. The molecule has 0 aliphatic carbocycles. The SMILES string of the molecule is C#CC(C)Nc1ncc(Br)cc1Cl. The third-order valence-corrected chi connectivity index (χ3v) is 2.13. The third-order valence-electron chi connectivity index (χ3n) is 1.41. The van der Waals surface area contributed by atoms with E-state index in [1.54, 1.807) is 12.3 Å². The molecule has 1 unspecified atom stereocenters. The molecular weight excluding hydrogens is 251 g/mol. The zero-order chi connectivity index (χ0) is 9.84. The molecule has 0 fully saturated rings. The van der Waals surface area contributed by atoms with E-state index >= 15 is 0 Å². The monoisotopic (exact) mass is 258 g/mol. The molecule has 4 heteroatoms. The number of rotatable bonds is 2. The predicted octanol–water partition coefficient (Wildman–Crippen LogP) is 2.93. The van der Waals surface area contributed by atoms with Gasteiger partial charge in [-0.15, -0.1) is 6.42 Å². The number of hydrogen-bond acceptors (Lipinski definition) is 2. The fraction of sp³-hybridized carbons (Fsp3) is 0.222. The van der Waals surface area contributed by atoms with Gasteiger partial charge in [0.05, 0.1) is 11.1 Å². The number of hydrogen-bond donors (Lipinski definition) is 1. The lowest BCUT2D eigenvalue weighted by Crippen LogP contribution is -2.13. The Hall–Kier alpha value is -0.720. The van der Waals surface area contributed by atoms with Crippen molar-refractivity contribution in [3.63, 3.8) is 0 Å². The molecule has 0 spiro atoms. The molecule has 0 radical (unpaired) electrons. The summed E-state index contributed by atoms with van der Waals surface area (Å²) in [5, 5.41) is 3.54. The van der Waals surface area contributed by atoms with Crippen molar-refractivity contribution >= 4 is 33.3 Å². The Bertz CT molecular complexity index is 346. The molecule has 13 heavy (non-hydrogen) atoms. The Labute approximate surface area is 90.8 Å². The minimum absolute atomic E-state index is 0.0776. The summed E-state index contributed by atoms with van der Waals surface area (Å²) < 4.78 is 0.844. The first-order valence-corrected chi connectivity index (χ1v) is 4.84. The maximum absolute atomic E-state index is 5.91. The Morgan fingerprint density at radius 1 is 1.77 bits per heavy atom. The third kappa shape index (κ3) is 2.91. The van der Waals surface area contributed by atoms with Crippen LogP contribution in [0.5, 0.6) is 0 Å². The first-order valence-electron chi connectivity index (χ1n) is 3.67. The molecular formula is C9H8BrClN2. The molecule has 0 saturated carbocycles. The van der Waals surface area contributed by atoms with E-state index in [2.05, 4.69) is 32.2 Å². The first-order chi connectivity index (χ1) is 6.13. The molecule has 1 aromatic rings. The molecule has 0 bridgehead atoms. The van der Waals surface area contributed by atoms with E-state index in [1.165, 1.54) is 0 Å². The second kappa shape index (κ2) is 4.50. The molecule has 68 valence electrons. The van der Waals surface area contributed by atoms with Crippen molar-refractivity contribution in [3.05, 3.63) is 21.8 Å². The van der Waals surface area contributed by atoms with Gasteiger partial charge in [0.15, 0.2) is 0 Å². The summed E-state index contributed by atoms with van der Waals surface area (Å²) in [6.45, 7) is 1.86. The smallest absolute Gasteiger partial charge is 0.145 e. The molecule has 1 rings (SSSR count). The van der Waals surface area contributed by atoms with Gasteiger partial charge in [-0.3, -0.25) is 0 Å². The van der Waals surface area contributed by atoms with Crippen LogP contribution in [-0.2, 0) is 0 Å². The van der Waals surface area contributed by atoms with Crippen molar-refractivity contribution in [2.24, 2.45) is 0 Å². The molecule has 1 atom stereocenters. The minimum Gasteiger partial charge on any atom is -0.355 e. The summed E-state index contributed by atoms with van der Waals surface area (Å²) in [7, 11) is 0. The Balaban J connectivity index is 2.85. The number of aromatic nitrogens is 1. The van der Waals surface area contributed by atoms with Gasteiger partial charge in [-0.25, -0.2) is 4.98 Å². The highest BCUT2D eigenvalue weighted by molar-refractivity contribution is 9.10. The highest BCUT2D eigenvalue weighted by atomic mass is 79.9. The number of nitrogens with zero attached hydrogens (tertiary/aromatic N) is 1. The van der Waals surface area contributed by atoms with Gasteiger partial charge in [-0.05, 0) is 28.9 Å². The van der Waals surface area contributed by atoms with E-state index in [-0.39, 0.29) is 6.04 Å². The van der Waals surface area contributed by atoms with Crippen LogP contribution in [0.25, 0.3) is 0 Å². The summed E-state index contributed by atoms with van der Waals surface area (Å²) in [5.74, 6) is 3.14. The Kier molecular flexibility index (Phi) is 3.58. The van der Waals surface area contributed by atoms with Crippen LogP contribution in [0.1, 0.15) is 6.92 Å². The lowest BCUT2D eigenvalue weighted by molar-refractivity contribution is 1.01. The molecule has 2 nitrogen and oxygen atoms in total. The van der Waals surface area contributed by atoms with Crippen molar-refractivity contribution < 1.29 is 0 Å². The van der Waals surface area contributed by atoms with Gasteiger partial charge in [0.1, 0.15) is 5.82 Å². The topological polar surface area (TPSA) is 24.9 Å². The first kappa shape index (κ1) is 10.4. The lowest BCUT2D eigenvalue weighted by Gasteiger charge is -2.09. The second-order valence-corrected chi connectivity index (χ2v) is 3.84.